The highest BCUT2D eigenvalue weighted by Crippen LogP contribution is 2.56. The highest BCUT2D eigenvalue weighted by atomic mass is 19.1. The predicted molar refractivity (Wildman–Crippen MR) is 79.3 cm³/mol. The molecule has 0 bridgehead atoms. The Hall–Kier alpha value is -1.62. The van der Waals surface area contributed by atoms with Crippen molar-refractivity contribution in [2.45, 2.75) is 38.5 Å². The van der Waals surface area contributed by atoms with Gasteiger partial charge in [0.15, 0.2) is 0 Å². The molecule has 1 saturated carbocycles. The molecule has 112 valence electrons. The topological polar surface area (TPSA) is 40.8 Å². The molecule has 21 heavy (non-hydrogen) atoms. The number of aliphatic hydroxyl groups is 1. The number of anilines is 1. The van der Waals surface area contributed by atoms with Crippen LogP contribution >= 0.6 is 0 Å². The summed E-state index contributed by atoms with van der Waals surface area (Å²) in [5.74, 6) is 0. The largest absolute Gasteiger partial charge is 0.387 e. The number of hydrogen-bond acceptors (Lipinski definition) is 3. The Morgan fingerprint density at radius 3 is 2.76 bits per heavy atom. The zero-order chi connectivity index (χ0) is 14.8. The number of aromatic nitrogens is 2. The average Bonchev–Trinajstić information content (AvgIpc) is 2.73. The van der Waals surface area contributed by atoms with Gasteiger partial charge in [0.1, 0.15) is 6.17 Å². The Bertz CT molecular complexity index is 695. The van der Waals surface area contributed by atoms with Crippen molar-refractivity contribution >= 4 is 11.2 Å². The SMILES string of the molecule is Cc1cnn2ccc(N3CC4(C3)CC(O)(C(C)F)C4)cc12. The summed E-state index contributed by atoms with van der Waals surface area (Å²) in [6, 6.07) is 4.22. The summed E-state index contributed by atoms with van der Waals surface area (Å²) < 4.78 is 15.2. The Labute approximate surface area is 123 Å². The van der Waals surface area contributed by atoms with Crippen LogP contribution in [0.25, 0.3) is 5.52 Å². The molecule has 2 fully saturated rings. The normalized spacial score (nSPS) is 23.9. The summed E-state index contributed by atoms with van der Waals surface area (Å²) in [7, 11) is 0. The van der Waals surface area contributed by atoms with E-state index in [1.165, 1.54) is 12.6 Å². The van der Waals surface area contributed by atoms with Gasteiger partial charge in [0.2, 0.25) is 0 Å². The number of aryl methyl sites for hydroxylation is 1. The average molecular weight is 289 g/mol. The summed E-state index contributed by atoms with van der Waals surface area (Å²) in [4.78, 5) is 2.30. The molecule has 2 aromatic rings. The molecule has 2 aliphatic rings. The van der Waals surface area contributed by atoms with Crippen molar-refractivity contribution in [1.82, 2.24) is 9.61 Å². The van der Waals surface area contributed by atoms with Gasteiger partial charge in [-0.3, -0.25) is 0 Å². The highest BCUT2D eigenvalue weighted by molar-refractivity contribution is 5.64. The predicted octanol–water partition coefficient (Wildman–Crippen LogP) is 2.33. The molecule has 0 aromatic carbocycles. The van der Waals surface area contributed by atoms with E-state index in [9.17, 15) is 9.50 Å². The zero-order valence-corrected chi connectivity index (χ0v) is 12.4. The van der Waals surface area contributed by atoms with E-state index in [1.54, 1.807) is 0 Å². The van der Waals surface area contributed by atoms with Crippen molar-refractivity contribution in [3.8, 4) is 0 Å². The summed E-state index contributed by atoms with van der Waals surface area (Å²) in [6.45, 7) is 5.33. The van der Waals surface area contributed by atoms with Crippen LogP contribution in [0.5, 0.6) is 0 Å². The van der Waals surface area contributed by atoms with Crippen molar-refractivity contribution in [2.75, 3.05) is 18.0 Å². The summed E-state index contributed by atoms with van der Waals surface area (Å²) in [5, 5.41) is 14.4. The van der Waals surface area contributed by atoms with E-state index in [4.69, 9.17) is 0 Å². The highest BCUT2D eigenvalue weighted by Gasteiger charge is 2.61. The molecule has 1 aliphatic carbocycles. The maximum Gasteiger partial charge on any atom is 0.126 e. The minimum absolute atomic E-state index is 0.122. The molecule has 0 radical (unpaired) electrons. The molecule has 3 heterocycles. The van der Waals surface area contributed by atoms with Crippen molar-refractivity contribution in [1.29, 1.82) is 0 Å². The third-order valence-corrected chi connectivity index (χ3v) is 5.22. The lowest BCUT2D eigenvalue weighted by atomic mass is 9.54. The van der Waals surface area contributed by atoms with Crippen LogP contribution in [0.15, 0.2) is 24.5 Å². The van der Waals surface area contributed by atoms with Crippen LogP contribution in [0.1, 0.15) is 25.3 Å². The molecular formula is C16H20FN3O. The third kappa shape index (κ3) is 1.80. The molecule has 1 atom stereocenters. The van der Waals surface area contributed by atoms with E-state index in [0.717, 1.165) is 24.2 Å². The molecule has 4 nitrogen and oxygen atoms in total. The van der Waals surface area contributed by atoms with Gasteiger partial charge < -0.3 is 10.0 Å². The second kappa shape index (κ2) is 3.97. The summed E-state index contributed by atoms with van der Waals surface area (Å²) in [6.07, 6.45) is 3.88. The first kappa shape index (κ1) is 13.1. The minimum Gasteiger partial charge on any atom is -0.387 e. The molecule has 5 heteroatoms. The molecule has 2 aromatic heterocycles. The van der Waals surface area contributed by atoms with E-state index < -0.39 is 11.8 Å². The molecule has 4 rings (SSSR count). The van der Waals surface area contributed by atoms with E-state index in [2.05, 4.69) is 29.1 Å². The van der Waals surface area contributed by atoms with Gasteiger partial charge in [-0.15, -0.1) is 0 Å². The van der Waals surface area contributed by atoms with Crippen LogP contribution in [0.3, 0.4) is 0 Å². The van der Waals surface area contributed by atoms with Gasteiger partial charge >= 0.3 is 0 Å². The van der Waals surface area contributed by atoms with Gasteiger partial charge in [-0.05, 0) is 44.4 Å². The van der Waals surface area contributed by atoms with E-state index >= 15 is 0 Å². The van der Waals surface area contributed by atoms with Crippen molar-refractivity contribution in [3.63, 3.8) is 0 Å². The number of halogens is 1. The summed E-state index contributed by atoms with van der Waals surface area (Å²) in [5.41, 5.74) is 2.50. The number of pyridine rings is 1. The van der Waals surface area contributed by atoms with Gasteiger partial charge in [0.25, 0.3) is 0 Å². The monoisotopic (exact) mass is 289 g/mol. The fraction of sp³-hybridized carbons (Fsp3) is 0.562. The molecule has 1 aliphatic heterocycles. The first-order chi connectivity index (χ1) is 9.91. The van der Waals surface area contributed by atoms with Crippen molar-refractivity contribution in [3.05, 3.63) is 30.1 Å². The maximum atomic E-state index is 13.4. The maximum absolute atomic E-state index is 13.4. The third-order valence-electron chi connectivity index (χ3n) is 5.22. The van der Waals surface area contributed by atoms with Crippen LogP contribution in [0, 0.1) is 12.3 Å². The Morgan fingerprint density at radius 1 is 1.38 bits per heavy atom. The number of rotatable bonds is 2. The van der Waals surface area contributed by atoms with Crippen LogP contribution in [-0.4, -0.2) is 39.6 Å². The molecular weight excluding hydrogens is 269 g/mol. The molecule has 1 unspecified atom stereocenters. The van der Waals surface area contributed by atoms with Crippen LogP contribution in [0.4, 0.5) is 10.1 Å². The lowest BCUT2D eigenvalue weighted by Crippen LogP contribution is -2.70. The van der Waals surface area contributed by atoms with Gasteiger partial charge in [-0.2, -0.15) is 5.10 Å². The first-order valence-corrected chi connectivity index (χ1v) is 7.46. The smallest absolute Gasteiger partial charge is 0.126 e. The van der Waals surface area contributed by atoms with Crippen LogP contribution < -0.4 is 4.90 Å². The number of hydrogen-bond donors (Lipinski definition) is 1. The molecule has 1 saturated heterocycles. The Morgan fingerprint density at radius 2 is 2.10 bits per heavy atom. The van der Waals surface area contributed by atoms with Gasteiger partial charge in [0.05, 0.1) is 17.3 Å². The van der Waals surface area contributed by atoms with Gasteiger partial charge in [0, 0.05) is 30.4 Å². The Balaban J connectivity index is 1.49. The number of alkyl halides is 1. The number of nitrogens with zero attached hydrogens (tertiary/aromatic N) is 3. The molecule has 1 spiro atoms. The van der Waals surface area contributed by atoms with Gasteiger partial charge in [-0.1, -0.05) is 0 Å². The van der Waals surface area contributed by atoms with Gasteiger partial charge in [-0.25, -0.2) is 8.91 Å². The van der Waals surface area contributed by atoms with Crippen LogP contribution in [0.2, 0.25) is 0 Å². The lowest BCUT2D eigenvalue weighted by molar-refractivity contribution is -0.173. The second-order valence-electron chi connectivity index (χ2n) is 6.97. The Kier molecular flexibility index (Phi) is 2.47. The molecule has 1 N–H and O–H groups in total. The fourth-order valence-corrected chi connectivity index (χ4v) is 3.99. The van der Waals surface area contributed by atoms with Crippen LogP contribution in [-0.2, 0) is 0 Å². The number of fused-ring (bicyclic) bond motifs is 1. The standard InChI is InChI=1S/C16H20FN3O/c1-11-6-18-20-4-3-13(5-14(11)20)19-9-15(10-19)7-16(21,8-15)12(2)17/h3-6,12,21H,7-10H2,1-2H3. The minimum atomic E-state index is -1.14. The second-order valence-corrected chi connectivity index (χ2v) is 6.97. The quantitative estimate of drug-likeness (QED) is 0.922. The lowest BCUT2D eigenvalue weighted by Gasteiger charge is -2.63. The van der Waals surface area contributed by atoms with E-state index in [1.807, 2.05) is 16.9 Å². The molecule has 0 amide bonds. The fourth-order valence-electron chi connectivity index (χ4n) is 3.99. The van der Waals surface area contributed by atoms with E-state index in [-0.39, 0.29) is 5.41 Å². The van der Waals surface area contributed by atoms with Crippen molar-refractivity contribution in [2.24, 2.45) is 5.41 Å². The summed E-state index contributed by atoms with van der Waals surface area (Å²) >= 11 is 0. The van der Waals surface area contributed by atoms with Crippen molar-refractivity contribution < 1.29 is 9.50 Å². The first-order valence-electron chi connectivity index (χ1n) is 7.46. The zero-order valence-electron chi connectivity index (χ0n) is 12.4. The van der Waals surface area contributed by atoms with E-state index in [0.29, 0.717) is 12.8 Å².